The van der Waals surface area contributed by atoms with E-state index in [9.17, 15) is 4.79 Å². The SMILES string of the molecule is CC(C)Oc1cc(C=O)c(OC(C)C)c2ccccc12. The molecule has 0 atom stereocenters. The number of carbonyl (C=O) groups excluding carboxylic acids is 1. The summed E-state index contributed by atoms with van der Waals surface area (Å²) in [5, 5.41) is 1.86. The van der Waals surface area contributed by atoms with Gasteiger partial charge in [-0.2, -0.15) is 0 Å². The fourth-order valence-corrected chi connectivity index (χ4v) is 2.14. The Bertz CT molecular complexity index is 615. The van der Waals surface area contributed by atoms with Crippen LogP contribution in [0.2, 0.25) is 0 Å². The number of rotatable bonds is 5. The highest BCUT2D eigenvalue weighted by Gasteiger charge is 2.15. The molecule has 0 fully saturated rings. The summed E-state index contributed by atoms with van der Waals surface area (Å²) in [6, 6.07) is 9.58. The molecule has 2 aromatic carbocycles. The van der Waals surface area contributed by atoms with Crippen molar-refractivity contribution in [1.82, 2.24) is 0 Å². The van der Waals surface area contributed by atoms with Crippen molar-refractivity contribution in [2.24, 2.45) is 0 Å². The minimum Gasteiger partial charge on any atom is -0.490 e. The van der Waals surface area contributed by atoms with Crippen molar-refractivity contribution in [1.29, 1.82) is 0 Å². The molecule has 0 heterocycles. The summed E-state index contributed by atoms with van der Waals surface area (Å²) in [4.78, 5) is 11.4. The van der Waals surface area contributed by atoms with Gasteiger partial charge in [-0.15, -0.1) is 0 Å². The van der Waals surface area contributed by atoms with Gasteiger partial charge in [0.25, 0.3) is 0 Å². The lowest BCUT2D eigenvalue weighted by Crippen LogP contribution is -2.10. The molecule has 0 aliphatic carbocycles. The van der Waals surface area contributed by atoms with Crippen molar-refractivity contribution >= 4 is 17.1 Å². The van der Waals surface area contributed by atoms with E-state index in [1.165, 1.54) is 0 Å². The van der Waals surface area contributed by atoms with E-state index in [1.54, 1.807) is 6.07 Å². The standard InChI is InChI=1S/C17H20O3/c1-11(2)19-16-9-13(10-18)17(20-12(3)4)15-8-6-5-7-14(15)16/h5-12H,1-4H3. The first kappa shape index (κ1) is 14.4. The predicted molar refractivity (Wildman–Crippen MR) is 80.9 cm³/mol. The average Bonchev–Trinajstić information content (AvgIpc) is 2.40. The molecule has 0 spiro atoms. The molecule has 3 nitrogen and oxygen atoms in total. The van der Waals surface area contributed by atoms with Crippen LogP contribution in [-0.2, 0) is 0 Å². The largest absolute Gasteiger partial charge is 0.490 e. The maximum Gasteiger partial charge on any atom is 0.153 e. The van der Waals surface area contributed by atoms with Crippen LogP contribution < -0.4 is 9.47 Å². The molecule has 3 heteroatoms. The highest BCUT2D eigenvalue weighted by Crippen LogP contribution is 2.37. The quantitative estimate of drug-likeness (QED) is 0.764. The molecular weight excluding hydrogens is 252 g/mol. The van der Waals surface area contributed by atoms with E-state index in [4.69, 9.17) is 9.47 Å². The number of carbonyl (C=O) groups is 1. The minimum absolute atomic E-state index is 0.00831. The molecule has 0 saturated carbocycles. The number of fused-ring (bicyclic) bond motifs is 1. The zero-order valence-corrected chi connectivity index (χ0v) is 12.3. The second-order valence-corrected chi connectivity index (χ2v) is 5.29. The van der Waals surface area contributed by atoms with Crippen LogP contribution in [-0.4, -0.2) is 18.5 Å². The van der Waals surface area contributed by atoms with E-state index in [2.05, 4.69) is 0 Å². The summed E-state index contributed by atoms with van der Waals surface area (Å²) in [5.41, 5.74) is 0.521. The first-order valence-electron chi connectivity index (χ1n) is 6.87. The second-order valence-electron chi connectivity index (χ2n) is 5.29. The van der Waals surface area contributed by atoms with Crippen molar-refractivity contribution < 1.29 is 14.3 Å². The zero-order chi connectivity index (χ0) is 14.7. The van der Waals surface area contributed by atoms with Crippen LogP contribution in [0.4, 0.5) is 0 Å². The first-order valence-corrected chi connectivity index (χ1v) is 6.87. The van der Waals surface area contributed by atoms with Gasteiger partial charge in [-0.25, -0.2) is 0 Å². The summed E-state index contributed by atoms with van der Waals surface area (Å²) in [7, 11) is 0. The summed E-state index contributed by atoms with van der Waals surface area (Å²) < 4.78 is 11.6. The lowest BCUT2D eigenvalue weighted by molar-refractivity contribution is 0.111. The van der Waals surface area contributed by atoms with Gasteiger partial charge in [0.15, 0.2) is 6.29 Å². The molecule has 106 valence electrons. The monoisotopic (exact) mass is 272 g/mol. The van der Waals surface area contributed by atoms with Gasteiger partial charge in [-0.3, -0.25) is 4.79 Å². The third-order valence-electron chi connectivity index (χ3n) is 2.83. The van der Waals surface area contributed by atoms with Crippen molar-refractivity contribution in [3.05, 3.63) is 35.9 Å². The van der Waals surface area contributed by atoms with Gasteiger partial charge < -0.3 is 9.47 Å². The van der Waals surface area contributed by atoms with Crippen LogP contribution in [0.15, 0.2) is 30.3 Å². The summed E-state index contributed by atoms with van der Waals surface area (Å²) in [6.45, 7) is 7.82. The maximum absolute atomic E-state index is 11.4. The number of hydrogen-bond donors (Lipinski definition) is 0. The third kappa shape index (κ3) is 2.93. The number of aldehydes is 1. The summed E-state index contributed by atoms with van der Waals surface area (Å²) >= 11 is 0. The fraction of sp³-hybridized carbons (Fsp3) is 0.353. The van der Waals surface area contributed by atoms with Crippen LogP contribution in [0.3, 0.4) is 0 Å². The lowest BCUT2D eigenvalue weighted by atomic mass is 10.0. The van der Waals surface area contributed by atoms with E-state index in [-0.39, 0.29) is 12.2 Å². The Kier molecular flexibility index (Phi) is 4.28. The van der Waals surface area contributed by atoms with Gasteiger partial charge in [0.1, 0.15) is 11.5 Å². The third-order valence-corrected chi connectivity index (χ3v) is 2.83. The summed E-state index contributed by atoms with van der Waals surface area (Å²) in [5.74, 6) is 1.34. The predicted octanol–water partition coefficient (Wildman–Crippen LogP) is 4.23. The molecular formula is C17H20O3. The van der Waals surface area contributed by atoms with E-state index < -0.39 is 0 Å². The average molecular weight is 272 g/mol. The van der Waals surface area contributed by atoms with Crippen molar-refractivity contribution in [3.8, 4) is 11.5 Å². The van der Waals surface area contributed by atoms with Crippen molar-refractivity contribution in [3.63, 3.8) is 0 Å². The second kappa shape index (κ2) is 5.95. The van der Waals surface area contributed by atoms with Crippen molar-refractivity contribution in [2.75, 3.05) is 0 Å². The molecule has 0 saturated heterocycles. The van der Waals surface area contributed by atoms with Gasteiger partial charge >= 0.3 is 0 Å². The summed E-state index contributed by atoms with van der Waals surface area (Å²) in [6.07, 6.45) is 0.876. The number of benzene rings is 2. The van der Waals surface area contributed by atoms with E-state index >= 15 is 0 Å². The van der Waals surface area contributed by atoms with E-state index in [0.717, 1.165) is 17.1 Å². The molecule has 0 aliphatic heterocycles. The fourth-order valence-electron chi connectivity index (χ4n) is 2.14. The number of ether oxygens (including phenoxy) is 2. The van der Waals surface area contributed by atoms with Crippen LogP contribution in [0.25, 0.3) is 10.8 Å². The van der Waals surface area contributed by atoms with Gasteiger partial charge in [-0.1, -0.05) is 24.3 Å². The topological polar surface area (TPSA) is 35.5 Å². The highest BCUT2D eigenvalue weighted by atomic mass is 16.5. The van der Waals surface area contributed by atoms with Gasteiger partial charge in [0.2, 0.25) is 0 Å². The molecule has 0 bridgehead atoms. The van der Waals surface area contributed by atoms with Crippen LogP contribution >= 0.6 is 0 Å². The molecule has 0 aliphatic rings. The lowest BCUT2D eigenvalue weighted by Gasteiger charge is -2.18. The number of hydrogen-bond acceptors (Lipinski definition) is 3. The molecule has 20 heavy (non-hydrogen) atoms. The Morgan fingerprint density at radius 1 is 0.950 bits per heavy atom. The maximum atomic E-state index is 11.4. The molecule has 0 aromatic heterocycles. The Hall–Kier alpha value is -2.03. The molecule has 0 amide bonds. The smallest absolute Gasteiger partial charge is 0.153 e. The highest BCUT2D eigenvalue weighted by molar-refractivity contribution is 6.00. The van der Waals surface area contributed by atoms with E-state index in [0.29, 0.717) is 17.1 Å². The molecule has 2 aromatic rings. The van der Waals surface area contributed by atoms with Crippen molar-refractivity contribution in [2.45, 2.75) is 39.9 Å². The molecule has 0 radical (unpaired) electrons. The van der Waals surface area contributed by atoms with Gasteiger partial charge in [0, 0.05) is 10.8 Å². The Morgan fingerprint density at radius 2 is 1.55 bits per heavy atom. The zero-order valence-electron chi connectivity index (χ0n) is 12.3. The molecule has 0 unspecified atom stereocenters. The van der Waals surface area contributed by atoms with Crippen LogP contribution in [0, 0.1) is 0 Å². The van der Waals surface area contributed by atoms with Crippen LogP contribution in [0.5, 0.6) is 11.5 Å². The molecule has 0 N–H and O–H groups in total. The Balaban J connectivity index is 2.69. The van der Waals surface area contributed by atoms with Gasteiger partial charge in [-0.05, 0) is 33.8 Å². The minimum atomic E-state index is 0.00831. The molecule has 2 rings (SSSR count). The Labute approximate surface area is 119 Å². The normalized spacial score (nSPS) is 11.1. The first-order chi connectivity index (χ1) is 9.52. The van der Waals surface area contributed by atoms with Crippen LogP contribution in [0.1, 0.15) is 38.1 Å². The Morgan fingerprint density at radius 3 is 2.10 bits per heavy atom. The van der Waals surface area contributed by atoms with E-state index in [1.807, 2.05) is 52.0 Å². The van der Waals surface area contributed by atoms with Gasteiger partial charge in [0.05, 0.1) is 17.8 Å².